The predicted molar refractivity (Wildman–Crippen MR) is 94.2 cm³/mol. The third kappa shape index (κ3) is 5.54. The Morgan fingerprint density at radius 1 is 1.12 bits per heavy atom. The van der Waals surface area contributed by atoms with Gasteiger partial charge in [-0.25, -0.2) is 8.78 Å². The average Bonchev–Trinajstić information content (AvgIpc) is 2.62. The number of hydrogen-bond donors (Lipinski definition) is 2. The quantitative estimate of drug-likeness (QED) is 0.706. The molecule has 2 amide bonds. The highest BCUT2D eigenvalue weighted by molar-refractivity contribution is 5.97. The fourth-order valence-electron chi connectivity index (χ4n) is 2.29. The first-order valence-electron chi connectivity index (χ1n) is 8.26. The van der Waals surface area contributed by atoms with E-state index in [1.807, 2.05) is 6.92 Å². The summed E-state index contributed by atoms with van der Waals surface area (Å²) in [7, 11) is 0. The van der Waals surface area contributed by atoms with Crippen LogP contribution in [-0.4, -0.2) is 25.0 Å². The van der Waals surface area contributed by atoms with Crippen molar-refractivity contribution in [1.29, 1.82) is 0 Å². The fourth-order valence-corrected chi connectivity index (χ4v) is 2.29. The third-order valence-electron chi connectivity index (χ3n) is 3.50. The summed E-state index contributed by atoms with van der Waals surface area (Å²) in [5.41, 5.74) is 0.346. The summed E-state index contributed by atoms with van der Waals surface area (Å²) in [5, 5.41) is 5.08. The van der Waals surface area contributed by atoms with Gasteiger partial charge in [-0.15, -0.1) is 0 Å². The number of benzene rings is 2. The van der Waals surface area contributed by atoms with Crippen LogP contribution in [0.1, 0.15) is 30.1 Å². The van der Waals surface area contributed by atoms with Crippen LogP contribution >= 0.6 is 0 Å². The first kappa shape index (κ1) is 19.4. The Balaban J connectivity index is 1.78. The van der Waals surface area contributed by atoms with Crippen molar-refractivity contribution >= 4 is 17.5 Å². The Morgan fingerprint density at radius 3 is 2.62 bits per heavy atom. The van der Waals surface area contributed by atoms with Gasteiger partial charge in [-0.3, -0.25) is 9.59 Å². The minimum Gasteiger partial charge on any atom is -0.493 e. The number of anilines is 1. The van der Waals surface area contributed by atoms with Crippen molar-refractivity contribution in [2.45, 2.75) is 19.8 Å². The van der Waals surface area contributed by atoms with Crippen LogP contribution in [-0.2, 0) is 4.79 Å². The van der Waals surface area contributed by atoms with E-state index in [1.165, 1.54) is 0 Å². The lowest BCUT2D eigenvalue weighted by Crippen LogP contribution is -2.26. The van der Waals surface area contributed by atoms with E-state index in [-0.39, 0.29) is 24.6 Å². The third-order valence-corrected chi connectivity index (χ3v) is 3.50. The van der Waals surface area contributed by atoms with Gasteiger partial charge >= 0.3 is 0 Å². The Labute approximate surface area is 150 Å². The number of halogens is 2. The molecule has 2 aromatic carbocycles. The van der Waals surface area contributed by atoms with Crippen LogP contribution in [0.25, 0.3) is 0 Å². The van der Waals surface area contributed by atoms with Crippen LogP contribution in [0.2, 0.25) is 0 Å². The SMILES string of the molecule is CCOc1ccccc1C(=O)NCCCC(=O)Nc1ccc(F)cc1F. The molecule has 0 fully saturated rings. The molecule has 0 aromatic heterocycles. The van der Waals surface area contributed by atoms with E-state index < -0.39 is 17.5 Å². The lowest BCUT2D eigenvalue weighted by molar-refractivity contribution is -0.116. The molecule has 0 saturated carbocycles. The van der Waals surface area contributed by atoms with Crippen LogP contribution in [0.5, 0.6) is 5.75 Å². The van der Waals surface area contributed by atoms with Crippen LogP contribution in [0.4, 0.5) is 14.5 Å². The van der Waals surface area contributed by atoms with Crippen molar-refractivity contribution in [3.63, 3.8) is 0 Å². The van der Waals surface area contributed by atoms with Crippen molar-refractivity contribution in [3.8, 4) is 5.75 Å². The molecule has 0 saturated heterocycles. The van der Waals surface area contributed by atoms with Gasteiger partial charge < -0.3 is 15.4 Å². The molecule has 0 heterocycles. The van der Waals surface area contributed by atoms with Crippen molar-refractivity contribution in [1.82, 2.24) is 5.32 Å². The fraction of sp³-hybridized carbons (Fsp3) is 0.263. The second-order valence-corrected chi connectivity index (χ2v) is 5.46. The zero-order valence-electron chi connectivity index (χ0n) is 14.4. The topological polar surface area (TPSA) is 67.4 Å². The minimum atomic E-state index is -0.834. The van der Waals surface area contributed by atoms with Gasteiger partial charge in [-0.2, -0.15) is 0 Å². The zero-order chi connectivity index (χ0) is 18.9. The highest BCUT2D eigenvalue weighted by atomic mass is 19.1. The zero-order valence-corrected chi connectivity index (χ0v) is 14.4. The molecule has 0 radical (unpaired) electrons. The summed E-state index contributed by atoms with van der Waals surface area (Å²) in [5.74, 6) is -1.76. The highest BCUT2D eigenvalue weighted by Crippen LogP contribution is 2.18. The number of nitrogens with one attached hydrogen (secondary N) is 2. The van der Waals surface area contributed by atoms with E-state index in [0.29, 0.717) is 30.4 Å². The molecular formula is C19H20F2N2O3. The predicted octanol–water partition coefficient (Wildman–Crippen LogP) is 3.51. The minimum absolute atomic E-state index is 0.0777. The maximum atomic E-state index is 13.5. The Hall–Kier alpha value is -2.96. The molecule has 0 aliphatic carbocycles. The number of hydrogen-bond acceptors (Lipinski definition) is 3. The summed E-state index contributed by atoms with van der Waals surface area (Å²) < 4.78 is 31.7. The second-order valence-electron chi connectivity index (χ2n) is 5.46. The number of rotatable bonds is 8. The van der Waals surface area contributed by atoms with E-state index >= 15 is 0 Å². The Morgan fingerprint density at radius 2 is 1.88 bits per heavy atom. The molecule has 0 spiro atoms. The van der Waals surface area contributed by atoms with Gasteiger partial charge in [0, 0.05) is 19.0 Å². The molecule has 138 valence electrons. The van der Waals surface area contributed by atoms with Crippen LogP contribution in [0.3, 0.4) is 0 Å². The molecule has 0 unspecified atom stereocenters. The van der Waals surface area contributed by atoms with Gasteiger partial charge in [0.1, 0.15) is 17.4 Å². The summed E-state index contributed by atoms with van der Waals surface area (Å²) in [6.45, 7) is 2.56. The van der Waals surface area contributed by atoms with Gasteiger partial charge in [-0.1, -0.05) is 12.1 Å². The summed E-state index contributed by atoms with van der Waals surface area (Å²) in [6, 6.07) is 9.81. The molecule has 7 heteroatoms. The van der Waals surface area contributed by atoms with E-state index in [4.69, 9.17) is 4.74 Å². The Bertz CT molecular complexity index is 781. The van der Waals surface area contributed by atoms with Crippen LogP contribution in [0, 0.1) is 11.6 Å². The molecular weight excluding hydrogens is 342 g/mol. The van der Waals surface area contributed by atoms with Crippen molar-refractivity contribution in [3.05, 3.63) is 59.7 Å². The highest BCUT2D eigenvalue weighted by Gasteiger charge is 2.12. The molecule has 0 aliphatic rings. The number of ether oxygens (including phenoxy) is 1. The lowest BCUT2D eigenvalue weighted by atomic mass is 10.2. The lowest BCUT2D eigenvalue weighted by Gasteiger charge is -2.10. The number of amides is 2. The number of para-hydroxylation sites is 1. The molecule has 2 aromatic rings. The van der Waals surface area contributed by atoms with Crippen molar-refractivity contribution in [2.24, 2.45) is 0 Å². The van der Waals surface area contributed by atoms with E-state index in [2.05, 4.69) is 10.6 Å². The van der Waals surface area contributed by atoms with Gasteiger partial charge in [0.15, 0.2) is 0 Å². The van der Waals surface area contributed by atoms with E-state index in [9.17, 15) is 18.4 Å². The number of carbonyl (C=O) groups excluding carboxylic acids is 2. The van der Waals surface area contributed by atoms with Crippen LogP contribution in [0.15, 0.2) is 42.5 Å². The maximum Gasteiger partial charge on any atom is 0.255 e. The van der Waals surface area contributed by atoms with Gasteiger partial charge in [0.2, 0.25) is 5.91 Å². The number of carbonyl (C=O) groups is 2. The standard InChI is InChI=1S/C19H20F2N2O3/c1-2-26-17-7-4-3-6-14(17)19(25)22-11-5-8-18(24)23-16-10-9-13(20)12-15(16)21/h3-4,6-7,9-10,12H,2,5,8,11H2,1H3,(H,22,25)(H,23,24). The first-order valence-corrected chi connectivity index (χ1v) is 8.26. The molecule has 0 aliphatic heterocycles. The first-order chi connectivity index (χ1) is 12.5. The van der Waals surface area contributed by atoms with Crippen molar-refractivity contribution in [2.75, 3.05) is 18.5 Å². The van der Waals surface area contributed by atoms with E-state index in [0.717, 1.165) is 12.1 Å². The summed E-state index contributed by atoms with van der Waals surface area (Å²) in [4.78, 5) is 24.0. The average molecular weight is 362 g/mol. The summed E-state index contributed by atoms with van der Waals surface area (Å²) >= 11 is 0. The largest absolute Gasteiger partial charge is 0.493 e. The Kier molecular flexibility index (Phi) is 7.08. The van der Waals surface area contributed by atoms with Gasteiger partial charge in [-0.05, 0) is 37.6 Å². The van der Waals surface area contributed by atoms with Crippen molar-refractivity contribution < 1.29 is 23.1 Å². The van der Waals surface area contributed by atoms with Gasteiger partial charge in [0.25, 0.3) is 5.91 Å². The molecule has 2 rings (SSSR count). The molecule has 0 bridgehead atoms. The maximum absolute atomic E-state index is 13.5. The molecule has 26 heavy (non-hydrogen) atoms. The van der Waals surface area contributed by atoms with Crippen LogP contribution < -0.4 is 15.4 Å². The smallest absolute Gasteiger partial charge is 0.255 e. The normalized spacial score (nSPS) is 10.3. The molecule has 5 nitrogen and oxygen atoms in total. The van der Waals surface area contributed by atoms with Gasteiger partial charge in [0.05, 0.1) is 17.9 Å². The molecule has 2 N–H and O–H groups in total. The monoisotopic (exact) mass is 362 g/mol. The van der Waals surface area contributed by atoms with E-state index in [1.54, 1.807) is 24.3 Å². The molecule has 0 atom stereocenters. The summed E-state index contributed by atoms with van der Waals surface area (Å²) in [6.07, 6.45) is 0.460. The second kappa shape index (κ2) is 9.50.